The van der Waals surface area contributed by atoms with E-state index < -0.39 is 16.9 Å². The molecule has 0 atom stereocenters. The Morgan fingerprint density at radius 2 is 1.95 bits per heavy atom. The number of nitro benzene ring substituents is 1. The zero-order chi connectivity index (χ0) is 15.1. The van der Waals surface area contributed by atoms with Gasteiger partial charge in [-0.2, -0.15) is 0 Å². The first-order valence-electron chi connectivity index (χ1n) is 5.74. The van der Waals surface area contributed by atoms with E-state index in [9.17, 15) is 19.7 Å². The molecule has 0 bridgehead atoms. The minimum atomic E-state index is -0.650. The predicted octanol–water partition coefficient (Wildman–Crippen LogP) is 2.50. The molecule has 20 heavy (non-hydrogen) atoms. The van der Waals surface area contributed by atoms with Crippen molar-refractivity contribution in [2.75, 3.05) is 6.61 Å². The molecule has 0 unspecified atom stereocenters. The van der Waals surface area contributed by atoms with Crippen LogP contribution in [0.4, 0.5) is 5.69 Å². The van der Waals surface area contributed by atoms with E-state index in [-0.39, 0.29) is 35.9 Å². The Morgan fingerprint density at radius 1 is 1.30 bits per heavy atom. The standard InChI is InChI=1S/C12H12ClNO6/c1-2-19-11(15)5-6-12(16)20-8-3-4-10(14(17)18)9(13)7-8/h3-4,7H,2,5-6H2,1H3. The molecule has 8 heteroatoms. The van der Waals surface area contributed by atoms with Crippen LogP contribution in [-0.4, -0.2) is 23.5 Å². The van der Waals surface area contributed by atoms with Crippen molar-refractivity contribution in [1.29, 1.82) is 0 Å². The topological polar surface area (TPSA) is 95.7 Å². The molecule has 0 N–H and O–H groups in total. The van der Waals surface area contributed by atoms with Crippen LogP contribution in [0.2, 0.25) is 5.02 Å². The van der Waals surface area contributed by atoms with Gasteiger partial charge in [-0.3, -0.25) is 19.7 Å². The highest BCUT2D eigenvalue weighted by Gasteiger charge is 2.15. The summed E-state index contributed by atoms with van der Waals surface area (Å²) in [5, 5.41) is 10.4. The Labute approximate surface area is 119 Å². The third kappa shape index (κ3) is 4.85. The maximum absolute atomic E-state index is 11.4. The first-order chi connectivity index (χ1) is 9.43. The van der Waals surface area contributed by atoms with Gasteiger partial charge in [0.15, 0.2) is 0 Å². The van der Waals surface area contributed by atoms with E-state index in [0.717, 1.165) is 6.07 Å². The highest BCUT2D eigenvalue weighted by atomic mass is 35.5. The zero-order valence-corrected chi connectivity index (χ0v) is 11.4. The van der Waals surface area contributed by atoms with Gasteiger partial charge in [0.1, 0.15) is 10.8 Å². The third-order valence-corrected chi connectivity index (χ3v) is 2.49. The average Bonchev–Trinajstić information content (AvgIpc) is 2.36. The molecule has 0 aliphatic rings. The first kappa shape index (κ1) is 15.9. The van der Waals surface area contributed by atoms with E-state index in [0.29, 0.717) is 0 Å². The number of ether oxygens (including phenoxy) is 2. The van der Waals surface area contributed by atoms with Crippen LogP contribution in [0.1, 0.15) is 19.8 Å². The number of benzene rings is 1. The molecular formula is C12H12ClNO6. The van der Waals surface area contributed by atoms with E-state index in [1.807, 2.05) is 0 Å². The van der Waals surface area contributed by atoms with E-state index in [1.54, 1.807) is 6.92 Å². The number of rotatable bonds is 6. The average molecular weight is 302 g/mol. The van der Waals surface area contributed by atoms with Crippen LogP contribution in [0, 0.1) is 10.1 Å². The van der Waals surface area contributed by atoms with Crippen molar-refractivity contribution in [3.63, 3.8) is 0 Å². The number of carbonyl (C=O) groups is 2. The van der Waals surface area contributed by atoms with Gasteiger partial charge in [-0.15, -0.1) is 0 Å². The summed E-state index contributed by atoms with van der Waals surface area (Å²) in [7, 11) is 0. The SMILES string of the molecule is CCOC(=O)CCC(=O)Oc1ccc([N+](=O)[O-])c(Cl)c1. The quantitative estimate of drug-likeness (QED) is 0.347. The van der Waals surface area contributed by atoms with Crippen molar-refractivity contribution in [1.82, 2.24) is 0 Å². The second-order valence-electron chi connectivity index (χ2n) is 3.65. The third-order valence-electron chi connectivity index (χ3n) is 2.19. The number of esters is 2. The van der Waals surface area contributed by atoms with Gasteiger partial charge in [0.25, 0.3) is 5.69 Å². The number of carbonyl (C=O) groups excluding carboxylic acids is 2. The lowest BCUT2D eigenvalue weighted by Crippen LogP contribution is -2.12. The number of hydrogen-bond acceptors (Lipinski definition) is 6. The van der Waals surface area contributed by atoms with Crippen molar-refractivity contribution in [2.24, 2.45) is 0 Å². The highest BCUT2D eigenvalue weighted by molar-refractivity contribution is 6.32. The van der Waals surface area contributed by atoms with Crippen LogP contribution < -0.4 is 4.74 Å². The van der Waals surface area contributed by atoms with Crippen molar-refractivity contribution in [3.8, 4) is 5.75 Å². The summed E-state index contributed by atoms with van der Waals surface area (Å²) in [6.45, 7) is 1.90. The number of nitrogens with zero attached hydrogens (tertiary/aromatic N) is 1. The Balaban J connectivity index is 2.56. The molecule has 0 fully saturated rings. The number of halogens is 1. The van der Waals surface area contributed by atoms with Crippen LogP contribution >= 0.6 is 11.6 Å². The number of nitro groups is 1. The van der Waals surface area contributed by atoms with Gasteiger partial charge in [-0.05, 0) is 13.0 Å². The summed E-state index contributed by atoms with van der Waals surface area (Å²) in [5.41, 5.74) is -0.280. The molecule has 0 heterocycles. The lowest BCUT2D eigenvalue weighted by Gasteiger charge is -2.05. The second-order valence-corrected chi connectivity index (χ2v) is 4.06. The molecule has 1 rings (SSSR count). The maximum atomic E-state index is 11.4. The van der Waals surface area contributed by atoms with Crippen molar-refractivity contribution >= 4 is 29.2 Å². The summed E-state index contributed by atoms with van der Waals surface area (Å²) in [5.74, 6) is -1.07. The Kier molecular flexibility index (Phi) is 5.92. The van der Waals surface area contributed by atoms with Crippen molar-refractivity contribution in [2.45, 2.75) is 19.8 Å². The van der Waals surface area contributed by atoms with E-state index in [2.05, 4.69) is 4.74 Å². The van der Waals surface area contributed by atoms with Gasteiger partial charge in [0.2, 0.25) is 0 Å². The summed E-state index contributed by atoms with van der Waals surface area (Å²) in [6, 6.07) is 3.56. The van der Waals surface area contributed by atoms with Crippen LogP contribution in [-0.2, 0) is 14.3 Å². The maximum Gasteiger partial charge on any atom is 0.311 e. The fourth-order valence-electron chi connectivity index (χ4n) is 1.32. The van der Waals surface area contributed by atoms with Gasteiger partial charge >= 0.3 is 11.9 Å². The van der Waals surface area contributed by atoms with Gasteiger partial charge in [0, 0.05) is 12.1 Å². The monoisotopic (exact) mass is 301 g/mol. The summed E-state index contributed by atoms with van der Waals surface area (Å²) < 4.78 is 9.57. The van der Waals surface area contributed by atoms with Crippen LogP contribution in [0.5, 0.6) is 5.75 Å². The molecule has 0 aromatic heterocycles. The Morgan fingerprint density at radius 3 is 2.50 bits per heavy atom. The molecule has 0 saturated carbocycles. The fraction of sp³-hybridized carbons (Fsp3) is 0.333. The molecule has 0 saturated heterocycles. The second kappa shape index (κ2) is 7.44. The van der Waals surface area contributed by atoms with Crippen LogP contribution in [0.3, 0.4) is 0 Å². The first-order valence-corrected chi connectivity index (χ1v) is 6.12. The van der Waals surface area contributed by atoms with E-state index in [1.165, 1.54) is 12.1 Å². The minimum absolute atomic E-state index is 0.0782. The van der Waals surface area contributed by atoms with Crippen molar-refractivity contribution < 1.29 is 24.0 Å². The lowest BCUT2D eigenvalue weighted by molar-refractivity contribution is -0.384. The molecule has 1 aromatic rings. The lowest BCUT2D eigenvalue weighted by atomic mass is 10.3. The molecule has 0 amide bonds. The molecule has 7 nitrogen and oxygen atoms in total. The normalized spacial score (nSPS) is 9.90. The summed E-state index contributed by atoms with van der Waals surface area (Å²) in [4.78, 5) is 32.4. The molecule has 0 aliphatic carbocycles. The van der Waals surface area contributed by atoms with Gasteiger partial charge in [-0.1, -0.05) is 11.6 Å². The molecule has 0 spiro atoms. The van der Waals surface area contributed by atoms with Crippen LogP contribution in [0.25, 0.3) is 0 Å². The molecular weight excluding hydrogens is 290 g/mol. The smallest absolute Gasteiger partial charge is 0.311 e. The molecule has 0 aliphatic heterocycles. The van der Waals surface area contributed by atoms with E-state index >= 15 is 0 Å². The minimum Gasteiger partial charge on any atom is -0.466 e. The Hall–Kier alpha value is -2.15. The Bertz CT molecular complexity index is 531. The van der Waals surface area contributed by atoms with Gasteiger partial charge < -0.3 is 9.47 Å². The van der Waals surface area contributed by atoms with Gasteiger partial charge in [0.05, 0.1) is 24.4 Å². The van der Waals surface area contributed by atoms with Crippen molar-refractivity contribution in [3.05, 3.63) is 33.3 Å². The fourth-order valence-corrected chi connectivity index (χ4v) is 1.56. The molecule has 1 aromatic carbocycles. The largest absolute Gasteiger partial charge is 0.466 e. The van der Waals surface area contributed by atoms with Gasteiger partial charge in [-0.25, -0.2) is 0 Å². The molecule has 108 valence electrons. The van der Waals surface area contributed by atoms with E-state index in [4.69, 9.17) is 16.3 Å². The highest BCUT2D eigenvalue weighted by Crippen LogP contribution is 2.28. The summed E-state index contributed by atoms with van der Waals surface area (Å²) in [6.07, 6.45) is -0.235. The zero-order valence-electron chi connectivity index (χ0n) is 10.6. The number of hydrogen-bond donors (Lipinski definition) is 0. The van der Waals surface area contributed by atoms with Crippen LogP contribution in [0.15, 0.2) is 18.2 Å². The summed E-state index contributed by atoms with van der Waals surface area (Å²) >= 11 is 5.67. The molecule has 0 radical (unpaired) electrons. The predicted molar refractivity (Wildman–Crippen MR) is 69.6 cm³/mol.